The average Bonchev–Trinajstić information content (AvgIpc) is 3.24. The van der Waals surface area contributed by atoms with Crippen molar-refractivity contribution < 1.29 is 4.79 Å². The van der Waals surface area contributed by atoms with Gasteiger partial charge in [0, 0.05) is 42.3 Å². The van der Waals surface area contributed by atoms with Crippen molar-refractivity contribution in [2.75, 3.05) is 30.1 Å². The molecule has 1 N–H and O–H groups in total. The van der Waals surface area contributed by atoms with Crippen LogP contribution in [0.25, 0.3) is 16.9 Å². The van der Waals surface area contributed by atoms with E-state index in [2.05, 4.69) is 41.9 Å². The van der Waals surface area contributed by atoms with Crippen molar-refractivity contribution in [3.05, 3.63) is 89.1 Å². The second-order valence-corrected chi connectivity index (χ2v) is 9.73. The van der Waals surface area contributed by atoms with Gasteiger partial charge in [-0.3, -0.25) is 9.36 Å². The van der Waals surface area contributed by atoms with Gasteiger partial charge < -0.3 is 10.2 Å². The van der Waals surface area contributed by atoms with E-state index in [1.807, 2.05) is 73.7 Å². The number of halogens is 1. The molecule has 3 aromatic carbocycles. The van der Waals surface area contributed by atoms with Crippen molar-refractivity contribution in [3.63, 3.8) is 0 Å². The van der Waals surface area contributed by atoms with E-state index in [1.165, 1.54) is 11.8 Å². The van der Waals surface area contributed by atoms with Crippen molar-refractivity contribution in [1.82, 2.24) is 9.55 Å². The molecule has 0 saturated heterocycles. The zero-order chi connectivity index (χ0) is 24.2. The monoisotopic (exact) mass is 490 g/mol. The van der Waals surface area contributed by atoms with Crippen molar-refractivity contribution >= 4 is 40.6 Å². The molecule has 0 fully saturated rings. The van der Waals surface area contributed by atoms with Gasteiger partial charge in [-0.15, -0.1) is 0 Å². The minimum absolute atomic E-state index is 0.0776. The predicted octanol–water partition coefficient (Wildman–Crippen LogP) is 6.61. The van der Waals surface area contributed by atoms with Crippen LogP contribution in [0, 0.1) is 13.8 Å². The van der Waals surface area contributed by atoms with E-state index in [-0.39, 0.29) is 11.7 Å². The molecule has 0 aliphatic heterocycles. The van der Waals surface area contributed by atoms with Gasteiger partial charge in [0.1, 0.15) is 0 Å². The molecule has 0 radical (unpaired) electrons. The van der Waals surface area contributed by atoms with Crippen LogP contribution < -0.4 is 10.2 Å². The number of nitrogens with one attached hydrogen (secondary N) is 1. The summed E-state index contributed by atoms with van der Waals surface area (Å²) >= 11 is 7.48. The van der Waals surface area contributed by atoms with Gasteiger partial charge in [0.2, 0.25) is 5.91 Å². The number of anilines is 2. The largest absolute Gasteiger partial charge is 0.378 e. The topological polar surface area (TPSA) is 50.2 Å². The number of thioether (sulfide) groups is 1. The highest BCUT2D eigenvalue weighted by Crippen LogP contribution is 2.30. The molecule has 34 heavy (non-hydrogen) atoms. The molecule has 1 aromatic heterocycles. The predicted molar refractivity (Wildman–Crippen MR) is 144 cm³/mol. The molecule has 7 heteroatoms. The normalized spacial score (nSPS) is 10.9. The molecule has 4 rings (SSSR count). The molecule has 4 aromatic rings. The summed E-state index contributed by atoms with van der Waals surface area (Å²) in [5.74, 6) is 0.170. The Morgan fingerprint density at radius 3 is 2.41 bits per heavy atom. The molecule has 0 bridgehead atoms. The minimum Gasteiger partial charge on any atom is -0.378 e. The number of hydrogen-bond donors (Lipinski definition) is 1. The molecular formula is C27H27ClN4OS. The van der Waals surface area contributed by atoms with Gasteiger partial charge in [-0.1, -0.05) is 47.6 Å². The van der Waals surface area contributed by atoms with Gasteiger partial charge in [0.25, 0.3) is 0 Å². The van der Waals surface area contributed by atoms with Crippen LogP contribution in [-0.2, 0) is 4.79 Å². The molecule has 174 valence electrons. The lowest BCUT2D eigenvalue weighted by Crippen LogP contribution is -2.15. The summed E-state index contributed by atoms with van der Waals surface area (Å²) < 4.78 is 2.07. The quantitative estimate of drug-likeness (QED) is 0.296. The lowest BCUT2D eigenvalue weighted by molar-refractivity contribution is -0.113. The van der Waals surface area contributed by atoms with E-state index >= 15 is 0 Å². The van der Waals surface area contributed by atoms with Gasteiger partial charge in [-0.05, 0) is 67.4 Å². The van der Waals surface area contributed by atoms with E-state index in [4.69, 9.17) is 16.6 Å². The number of carbonyl (C=O) groups is 1. The second kappa shape index (κ2) is 10.4. The fourth-order valence-electron chi connectivity index (χ4n) is 3.55. The Morgan fingerprint density at radius 1 is 1.03 bits per heavy atom. The standard InChI is InChI=1S/C27H27ClN4OS/c1-18-5-6-19(2)25(15-18)32-16-24(20-7-9-21(28)10-8-20)30-27(32)34-17-26(33)29-22-11-13-23(14-12-22)31(3)4/h5-16H,17H2,1-4H3,(H,29,33). The summed E-state index contributed by atoms with van der Waals surface area (Å²) in [6, 6.07) is 21.7. The molecule has 1 amide bonds. The molecule has 0 aliphatic carbocycles. The van der Waals surface area contributed by atoms with Crippen LogP contribution >= 0.6 is 23.4 Å². The van der Waals surface area contributed by atoms with Gasteiger partial charge >= 0.3 is 0 Å². The fraction of sp³-hybridized carbons (Fsp3) is 0.185. The maximum atomic E-state index is 12.7. The molecule has 0 unspecified atom stereocenters. The van der Waals surface area contributed by atoms with Crippen LogP contribution in [0.2, 0.25) is 5.02 Å². The van der Waals surface area contributed by atoms with E-state index in [1.54, 1.807) is 0 Å². The number of benzene rings is 3. The first kappa shape index (κ1) is 23.9. The number of aromatic nitrogens is 2. The number of aryl methyl sites for hydroxylation is 2. The summed E-state index contributed by atoms with van der Waals surface area (Å²) in [6.07, 6.45) is 2.02. The number of amides is 1. The maximum absolute atomic E-state index is 12.7. The summed E-state index contributed by atoms with van der Waals surface area (Å²) in [5.41, 5.74) is 7.01. The van der Waals surface area contributed by atoms with E-state index in [0.29, 0.717) is 5.02 Å². The van der Waals surface area contributed by atoms with Crippen molar-refractivity contribution in [2.24, 2.45) is 0 Å². The zero-order valence-corrected chi connectivity index (χ0v) is 21.2. The number of carbonyl (C=O) groups excluding carboxylic acids is 1. The van der Waals surface area contributed by atoms with Crippen molar-refractivity contribution in [1.29, 1.82) is 0 Å². The third kappa shape index (κ3) is 5.64. The zero-order valence-electron chi connectivity index (χ0n) is 19.7. The van der Waals surface area contributed by atoms with Gasteiger partial charge in [-0.2, -0.15) is 0 Å². The Morgan fingerprint density at radius 2 is 1.74 bits per heavy atom. The van der Waals surface area contributed by atoms with Gasteiger partial charge in [-0.25, -0.2) is 4.98 Å². The van der Waals surface area contributed by atoms with Gasteiger partial charge in [0.15, 0.2) is 5.16 Å². The fourth-order valence-corrected chi connectivity index (χ4v) is 4.46. The number of rotatable bonds is 7. The molecule has 0 aliphatic rings. The first-order chi connectivity index (χ1) is 16.3. The summed E-state index contributed by atoms with van der Waals surface area (Å²) in [5, 5.41) is 4.42. The molecular weight excluding hydrogens is 464 g/mol. The highest BCUT2D eigenvalue weighted by molar-refractivity contribution is 7.99. The number of hydrogen-bond acceptors (Lipinski definition) is 4. The Balaban J connectivity index is 1.57. The van der Waals surface area contributed by atoms with Crippen LogP contribution in [0.4, 0.5) is 11.4 Å². The van der Waals surface area contributed by atoms with Crippen LogP contribution in [0.3, 0.4) is 0 Å². The number of nitrogens with zero attached hydrogens (tertiary/aromatic N) is 3. The smallest absolute Gasteiger partial charge is 0.234 e. The molecule has 1 heterocycles. The average molecular weight is 491 g/mol. The second-order valence-electron chi connectivity index (χ2n) is 8.35. The Bertz CT molecular complexity index is 1300. The first-order valence-corrected chi connectivity index (χ1v) is 12.3. The summed E-state index contributed by atoms with van der Waals surface area (Å²) in [7, 11) is 3.97. The van der Waals surface area contributed by atoms with Crippen LogP contribution in [-0.4, -0.2) is 35.3 Å². The van der Waals surface area contributed by atoms with Gasteiger partial charge in [0.05, 0.1) is 17.1 Å². The lowest BCUT2D eigenvalue weighted by Gasteiger charge is -2.13. The van der Waals surface area contributed by atoms with Crippen molar-refractivity contribution in [2.45, 2.75) is 19.0 Å². The Kier molecular flexibility index (Phi) is 7.29. The van der Waals surface area contributed by atoms with Crippen LogP contribution in [0.15, 0.2) is 78.1 Å². The minimum atomic E-state index is -0.0776. The van der Waals surface area contributed by atoms with Crippen molar-refractivity contribution in [3.8, 4) is 16.9 Å². The summed E-state index contributed by atoms with van der Waals surface area (Å²) in [4.78, 5) is 19.6. The third-order valence-corrected chi connectivity index (χ3v) is 6.64. The lowest BCUT2D eigenvalue weighted by atomic mass is 10.1. The summed E-state index contributed by atoms with van der Waals surface area (Å²) in [6.45, 7) is 4.15. The molecule has 0 saturated carbocycles. The molecule has 0 spiro atoms. The highest BCUT2D eigenvalue weighted by Gasteiger charge is 2.15. The maximum Gasteiger partial charge on any atom is 0.234 e. The van der Waals surface area contributed by atoms with E-state index in [0.717, 1.165) is 44.6 Å². The molecule has 5 nitrogen and oxygen atoms in total. The highest BCUT2D eigenvalue weighted by atomic mass is 35.5. The van der Waals surface area contributed by atoms with E-state index < -0.39 is 0 Å². The molecule has 0 atom stereocenters. The Hall–Kier alpha value is -3.22. The first-order valence-electron chi connectivity index (χ1n) is 10.9. The Labute approximate surface area is 209 Å². The van der Waals surface area contributed by atoms with Crippen LogP contribution in [0.1, 0.15) is 11.1 Å². The van der Waals surface area contributed by atoms with E-state index in [9.17, 15) is 4.79 Å². The number of imidazole rings is 1. The van der Waals surface area contributed by atoms with Crippen LogP contribution in [0.5, 0.6) is 0 Å². The SMILES string of the molecule is Cc1ccc(C)c(-n2cc(-c3ccc(Cl)cc3)nc2SCC(=O)Nc2ccc(N(C)C)cc2)c1. The third-order valence-electron chi connectivity index (χ3n) is 5.44.